The lowest BCUT2D eigenvalue weighted by Crippen LogP contribution is -2.41. The van der Waals surface area contributed by atoms with Gasteiger partial charge >= 0.3 is 8.56 Å². The molecule has 19 heavy (non-hydrogen) atoms. The summed E-state index contributed by atoms with van der Waals surface area (Å²) in [5, 5.41) is 0. The fraction of sp³-hybridized carbons (Fsp3) is 1.00. The van der Waals surface area contributed by atoms with Gasteiger partial charge in [0.2, 0.25) is 0 Å². The Hall–Kier alpha value is 0.0569. The molecule has 116 valence electrons. The minimum Gasteiger partial charge on any atom is -0.394 e. The molecule has 0 unspecified atom stereocenters. The molecule has 4 nitrogen and oxygen atoms in total. The van der Waals surface area contributed by atoms with E-state index < -0.39 is 8.56 Å². The van der Waals surface area contributed by atoms with Crippen molar-refractivity contribution in [2.45, 2.75) is 53.1 Å². The van der Waals surface area contributed by atoms with Crippen molar-refractivity contribution in [3.8, 4) is 0 Å². The Morgan fingerprint density at radius 2 is 1.47 bits per heavy atom. The van der Waals surface area contributed by atoms with Crippen LogP contribution in [-0.4, -0.2) is 53.1 Å². The molecule has 0 aromatic carbocycles. The molecule has 0 aromatic rings. The normalized spacial score (nSPS) is 12.3. The summed E-state index contributed by atoms with van der Waals surface area (Å²) < 4.78 is 17.6. The van der Waals surface area contributed by atoms with E-state index in [1.54, 1.807) is 0 Å². The number of rotatable bonds is 13. The Kier molecular flexibility index (Phi) is 11.9. The van der Waals surface area contributed by atoms with Gasteiger partial charge in [0.1, 0.15) is 0 Å². The SMILES string of the molecule is CCO[Si](CC)(CCCOCN(CC)CC)OCC. The highest BCUT2D eigenvalue weighted by Gasteiger charge is 2.34. The molecule has 0 amide bonds. The minimum atomic E-state index is -1.96. The molecule has 0 aromatic heterocycles. The summed E-state index contributed by atoms with van der Waals surface area (Å²) in [6.07, 6.45) is 1.03. The summed E-state index contributed by atoms with van der Waals surface area (Å²) in [7, 11) is -1.96. The maximum Gasteiger partial charge on any atom is 0.337 e. The van der Waals surface area contributed by atoms with Gasteiger partial charge in [-0.1, -0.05) is 20.8 Å². The van der Waals surface area contributed by atoms with E-state index in [-0.39, 0.29) is 0 Å². The smallest absolute Gasteiger partial charge is 0.337 e. The second-order valence-electron chi connectivity index (χ2n) is 4.57. The van der Waals surface area contributed by atoms with E-state index in [1.807, 2.05) is 13.8 Å². The number of hydrogen-bond donors (Lipinski definition) is 0. The molecule has 0 spiro atoms. The molecule has 0 saturated heterocycles. The summed E-state index contributed by atoms with van der Waals surface area (Å²) in [5.41, 5.74) is 0. The topological polar surface area (TPSA) is 30.9 Å². The summed E-state index contributed by atoms with van der Waals surface area (Å²) >= 11 is 0. The highest BCUT2D eigenvalue weighted by atomic mass is 28.4. The van der Waals surface area contributed by atoms with Crippen molar-refractivity contribution in [3.63, 3.8) is 0 Å². The molecule has 0 N–H and O–H groups in total. The molecular formula is C14H33NO3Si. The van der Waals surface area contributed by atoms with Crippen molar-refractivity contribution in [2.24, 2.45) is 0 Å². The first-order valence-electron chi connectivity index (χ1n) is 7.75. The Morgan fingerprint density at radius 3 is 1.89 bits per heavy atom. The highest BCUT2D eigenvalue weighted by Crippen LogP contribution is 2.20. The second kappa shape index (κ2) is 11.8. The van der Waals surface area contributed by atoms with E-state index in [0.717, 1.165) is 58.1 Å². The monoisotopic (exact) mass is 291 g/mol. The first-order chi connectivity index (χ1) is 9.17. The van der Waals surface area contributed by atoms with Crippen LogP contribution in [0.4, 0.5) is 0 Å². The van der Waals surface area contributed by atoms with Crippen LogP contribution in [0.1, 0.15) is 41.0 Å². The lowest BCUT2D eigenvalue weighted by Gasteiger charge is -2.29. The molecule has 0 aliphatic rings. The zero-order valence-corrected chi connectivity index (χ0v) is 14.5. The van der Waals surface area contributed by atoms with Gasteiger partial charge in [0.05, 0.1) is 6.73 Å². The van der Waals surface area contributed by atoms with Crippen LogP contribution < -0.4 is 0 Å². The van der Waals surface area contributed by atoms with Crippen molar-refractivity contribution in [1.82, 2.24) is 4.90 Å². The lowest BCUT2D eigenvalue weighted by atomic mass is 10.5. The number of hydrogen-bond acceptors (Lipinski definition) is 4. The Bertz CT molecular complexity index is 195. The highest BCUT2D eigenvalue weighted by molar-refractivity contribution is 6.67. The van der Waals surface area contributed by atoms with Crippen LogP contribution in [0.15, 0.2) is 0 Å². The molecule has 0 atom stereocenters. The second-order valence-corrected chi connectivity index (χ2v) is 8.18. The fourth-order valence-corrected chi connectivity index (χ4v) is 5.01. The maximum atomic E-state index is 5.94. The average Bonchev–Trinajstić information content (AvgIpc) is 2.43. The van der Waals surface area contributed by atoms with Crippen molar-refractivity contribution in [1.29, 1.82) is 0 Å². The summed E-state index contributed by atoms with van der Waals surface area (Å²) in [5.74, 6) is 0. The molecule has 0 saturated carbocycles. The van der Waals surface area contributed by atoms with E-state index >= 15 is 0 Å². The number of ether oxygens (including phenoxy) is 1. The summed E-state index contributed by atoms with van der Waals surface area (Å²) in [6.45, 7) is 15.7. The predicted octanol–water partition coefficient (Wildman–Crippen LogP) is 3.23. The standard InChI is InChI=1S/C14H33NO3Si/c1-6-15(7-2)14-16-12-11-13-19(10-5,17-8-3)18-9-4/h6-14H2,1-5H3. The minimum absolute atomic E-state index is 0.733. The van der Waals surface area contributed by atoms with Gasteiger partial charge in [-0.2, -0.15) is 0 Å². The largest absolute Gasteiger partial charge is 0.394 e. The first-order valence-corrected chi connectivity index (χ1v) is 9.98. The van der Waals surface area contributed by atoms with Gasteiger partial charge in [-0.05, 0) is 45.4 Å². The van der Waals surface area contributed by atoms with Crippen molar-refractivity contribution >= 4 is 8.56 Å². The van der Waals surface area contributed by atoms with Crippen LogP contribution >= 0.6 is 0 Å². The molecule has 0 aliphatic heterocycles. The zero-order valence-electron chi connectivity index (χ0n) is 13.5. The lowest BCUT2D eigenvalue weighted by molar-refractivity contribution is 0.0334. The zero-order chi connectivity index (χ0) is 14.6. The summed E-state index contributed by atoms with van der Waals surface area (Å²) in [6, 6.07) is 2.05. The molecule has 0 rings (SSSR count). The van der Waals surface area contributed by atoms with Gasteiger partial charge in [-0.15, -0.1) is 0 Å². The van der Waals surface area contributed by atoms with E-state index in [4.69, 9.17) is 13.6 Å². The van der Waals surface area contributed by atoms with Gasteiger partial charge in [-0.25, -0.2) is 0 Å². The van der Waals surface area contributed by atoms with E-state index in [9.17, 15) is 0 Å². The van der Waals surface area contributed by atoms with Crippen LogP contribution in [0.25, 0.3) is 0 Å². The quantitative estimate of drug-likeness (QED) is 0.296. The van der Waals surface area contributed by atoms with E-state index in [0.29, 0.717) is 0 Å². The molecule has 0 aliphatic carbocycles. The molecule has 0 heterocycles. The molecule has 0 fully saturated rings. The number of nitrogens with zero attached hydrogens (tertiary/aromatic N) is 1. The van der Waals surface area contributed by atoms with Gasteiger partial charge in [0.25, 0.3) is 0 Å². The molecule has 0 bridgehead atoms. The van der Waals surface area contributed by atoms with Gasteiger partial charge in [0, 0.05) is 19.8 Å². The molecular weight excluding hydrogens is 258 g/mol. The van der Waals surface area contributed by atoms with Gasteiger partial charge in [0.15, 0.2) is 0 Å². The van der Waals surface area contributed by atoms with Crippen LogP contribution in [0.2, 0.25) is 12.1 Å². The van der Waals surface area contributed by atoms with E-state index in [2.05, 4.69) is 25.7 Å². The Labute approximate surface area is 120 Å². The predicted molar refractivity (Wildman–Crippen MR) is 82.7 cm³/mol. The first kappa shape index (κ1) is 19.1. The Morgan fingerprint density at radius 1 is 0.895 bits per heavy atom. The maximum absolute atomic E-state index is 5.94. The third kappa shape index (κ3) is 8.04. The van der Waals surface area contributed by atoms with Gasteiger partial charge in [-0.3, -0.25) is 4.90 Å². The molecule has 5 heteroatoms. The van der Waals surface area contributed by atoms with Crippen molar-refractivity contribution < 1.29 is 13.6 Å². The van der Waals surface area contributed by atoms with Crippen LogP contribution in [-0.2, 0) is 13.6 Å². The van der Waals surface area contributed by atoms with E-state index in [1.165, 1.54) is 0 Å². The van der Waals surface area contributed by atoms with Crippen LogP contribution in [0, 0.1) is 0 Å². The van der Waals surface area contributed by atoms with Crippen LogP contribution in [0.3, 0.4) is 0 Å². The third-order valence-corrected chi connectivity index (χ3v) is 7.19. The summed E-state index contributed by atoms with van der Waals surface area (Å²) in [4.78, 5) is 2.27. The fourth-order valence-electron chi connectivity index (χ4n) is 2.14. The van der Waals surface area contributed by atoms with Crippen LogP contribution in [0.5, 0.6) is 0 Å². The average molecular weight is 292 g/mol. The van der Waals surface area contributed by atoms with Gasteiger partial charge < -0.3 is 13.6 Å². The van der Waals surface area contributed by atoms with Crippen molar-refractivity contribution in [3.05, 3.63) is 0 Å². The Balaban J connectivity index is 3.92. The third-order valence-electron chi connectivity index (χ3n) is 3.37. The van der Waals surface area contributed by atoms with Crippen molar-refractivity contribution in [2.75, 3.05) is 39.6 Å². The molecule has 0 radical (unpaired) electrons.